The van der Waals surface area contributed by atoms with Gasteiger partial charge in [-0.15, -0.1) is 0 Å². The Morgan fingerprint density at radius 1 is 1.05 bits per heavy atom. The summed E-state index contributed by atoms with van der Waals surface area (Å²) in [6.45, 7) is 2.70. The van der Waals surface area contributed by atoms with E-state index in [4.69, 9.17) is 35.7 Å². The molecule has 2 saturated heterocycles. The first-order chi connectivity index (χ1) is 20.5. The number of ether oxygens (including phenoxy) is 3. The van der Waals surface area contributed by atoms with E-state index < -0.39 is 12.1 Å². The van der Waals surface area contributed by atoms with Crippen molar-refractivity contribution in [2.24, 2.45) is 0 Å². The standard InChI is InChI=1S/C28H36ClN3O4.C2HF3O2/c1-34-24-7-6-19(16-25(24)35-2)28-11-8-22(31-27(33)30-21-5-3-4-20(29)17-21)18-26(28)32(13-12-28)23-9-14-36-15-10-23;3-2(4,5)1(6)7/h3-7,16-17,22-23,26H,8-15,18H2,1-2H3,(H2,30,31,33);(H,6,7). The Bertz CT molecular complexity index is 1280. The van der Waals surface area contributed by atoms with Crippen LogP contribution < -0.4 is 20.1 Å². The highest BCUT2D eigenvalue weighted by Crippen LogP contribution is 2.51. The number of halogens is 4. The summed E-state index contributed by atoms with van der Waals surface area (Å²) in [6, 6.07) is 14.4. The van der Waals surface area contributed by atoms with Crippen molar-refractivity contribution in [3.8, 4) is 11.5 Å². The van der Waals surface area contributed by atoms with Gasteiger partial charge in [-0.2, -0.15) is 13.2 Å². The van der Waals surface area contributed by atoms with E-state index in [0.717, 1.165) is 69.8 Å². The number of nitrogens with zero attached hydrogens (tertiary/aromatic N) is 1. The zero-order valence-electron chi connectivity index (χ0n) is 24.1. The Kier molecular flexibility index (Phi) is 10.7. The number of anilines is 1. The van der Waals surface area contributed by atoms with Gasteiger partial charge in [-0.05, 0) is 81.0 Å². The number of hydrogen-bond acceptors (Lipinski definition) is 6. The SMILES string of the molecule is COc1ccc(C23CCC(NC(=O)Nc4cccc(Cl)c4)CC2N(C2CCOCC2)CC3)cc1OC.O=C(O)C(F)(F)F. The average molecular weight is 628 g/mol. The highest BCUT2D eigenvalue weighted by Gasteiger charge is 2.53. The van der Waals surface area contributed by atoms with Crippen LogP contribution in [0.4, 0.5) is 23.7 Å². The number of carboxylic acid groups (broad SMARTS) is 1. The van der Waals surface area contributed by atoms with Gasteiger partial charge in [0.1, 0.15) is 0 Å². The molecule has 9 nitrogen and oxygen atoms in total. The first kappa shape index (κ1) is 32.7. The highest BCUT2D eigenvalue weighted by molar-refractivity contribution is 6.30. The molecule has 3 aliphatic rings. The molecule has 2 amide bonds. The van der Waals surface area contributed by atoms with Gasteiger partial charge in [-0.3, -0.25) is 4.90 Å². The van der Waals surface area contributed by atoms with E-state index >= 15 is 0 Å². The van der Waals surface area contributed by atoms with Crippen LogP contribution in [0, 0.1) is 0 Å². The number of nitrogens with one attached hydrogen (secondary N) is 2. The van der Waals surface area contributed by atoms with Crippen molar-refractivity contribution >= 4 is 29.3 Å². The van der Waals surface area contributed by atoms with Gasteiger partial charge < -0.3 is 30.0 Å². The molecule has 0 spiro atoms. The number of likely N-dealkylation sites (tertiary alicyclic amines) is 1. The monoisotopic (exact) mass is 627 g/mol. The van der Waals surface area contributed by atoms with E-state index in [0.29, 0.717) is 22.8 Å². The van der Waals surface area contributed by atoms with Crippen molar-refractivity contribution in [2.45, 2.75) is 68.2 Å². The molecule has 3 unspecified atom stereocenters. The fraction of sp³-hybridized carbons (Fsp3) is 0.533. The largest absolute Gasteiger partial charge is 0.493 e. The van der Waals surface area contributed by atoms with E-state index in [1.54, 1.807) is 26.4 Å². The molecule has 5 rings (SSSR count). The molecular formula is C30H37ClF3N3O6. The number of aliphatic carboxylic acids is 1. The summed E-state index contributed by atoms with van der Waals surface area (Å²) in [5, 5.41) is 13.9. The Hall–Kier alpha value is -3.22. The van der Waals surface area contributed by atoms with Gasteiger partial charge >= 0.3 is 18.2 Å². The maximum Gasteiger partial charge on any atom is 0.490 e. The molecule has 236 valence electrons. The number of carboxylic acids is 1. The molecule has 2 aliphatic heterocycles. The summed E-state index contributed by atoms with van der Waals surface area (Å²) in [5.41, 5.74) is 2.03. The first-order valence-corrected chi connectivity index (χ1v) is 14.5. The number of methoxy groups -OCH3 is 2. The molecule has 3 atom stereocenters. The maximum absolute atomic E-state index is 12.8. The zero-order chi connectivity index (χ0) is 31.2. The molecule has 43 heavy (non-hydrogen) atoms. The number of carbonyl (C=O) groups is 2. The van der Waals surface area contributed by atoms with Crippen molar-refractivity contribution < 1.29 is 42.1 Å². The van der Waals surface area contributed by atoms with Crippen LogP contribution in [0.5, 0.6) is 11.5 Å². The summed E-state index contributed by atoms with van der Waals surface area (Å²) < 4.78 is 48.6. The molecular weight excluding hydrogens is 591 g/mol. The van der Waals surface area contributed by atoms with Gasteiger partial charge in [-0.1, -0.05) is 23.7 Å². The third-order valence-electron chi connectivity index (χ3n) is 8.58. The number of rotatable bonds is 6. The molecule has 1 saturated carbocycles. The van der Waals surface area contributed by atoms with Gasteiger partial charge in [0.05, 0.1) is 14.2 Å². The lowest BCUT2D eigenvalue weighted by molar-refractivity contribution is -0.192. The fourth-order valence-corrected chi connectivity index (χ4v) is 6.76. The lowest BCUT2D eigenvalue weighted by Crippen LogP contribution is -2.55. The van der Waals surface area contributed by atoms with E-state index in [1.807, 2.05) is 18.2 Å². The van der Waals surface area contributed by atoms with E-state index in [-0.39, 0.29) is 17.5 Å². The zero-order valence-corrected chi connectivity index (χ0v) is 24.8. The Morgan fingerprint density at radius 3 is 2.37 bits per heavy atom. The smallest absolute Gasteiger partial charge is 0.490 e. The van der Waals surface area contributed by atoms with Crippen molar-refractivity contribution in [1.29, 1.82) is 0 Å². The summed E-state index contributed by atoms with van der Waals surface area (Å²) in [7, 11) is 3.37. The van der Waals surface area contributed by atoms with Crippen LogP contribution in [0.25, 0.3) is 0 Å². The van der Waals surface area contributed by atoms with Gasteiger partial charge in [0, 0.05) is 47.5 Å². The third-order valence-corrected chi connectivity index (χ3v) is 8.81. The molecule has 0 bridgehead atoms. The summed E-state index contributed by atoms with van der Waals surface area (Å²) in [5.74, 6) is -1.23. The van der Waals surface area contributed by atoms with Crippen LogP contribution in [0.3, 0.4) is 0 Å². The molecule has 2 aromatic carbocycles. The minimum Gasteiger partial charge on any atom is -0.493 e. The second-order valence-electron chi connectivity index (χ2n) is 11.0. The maximum atomic E-state index is 12.8. The van der Waals surface area contributed by atoms with Crippen LogP contribution >= 0.6 is 11.6 Å². The van der Waals surface area contributed by atoms with Crippen LogP contribution in [0.1, 0.15) is 44.1 Å². The van der Waals surface area contributed by atoms with Gasteiger partial charge in [-0.25, -0.2) is 9.59 Å². The summed E-state index contributed by atoms with van der Waals surface area (Å²) in [4.78, 5) is 24.5. The third kappa shape index (κ3) is 7.84. The summed E-state index contributed by atoms with van der Waals surface area (Å²) >= 11 is 6.08. The van der Waals surface area contributed by atoms with Crippen LogP contribution in [-0.2, 0) is 14.9 Å². The molecule has 3 fully saturated rings. The van der Waals surface area contributed by atoms with Crippen LogP contribution in [0.15, 0.2) is 42.5 Å². The molecule has 2 aromatic rings. The van der Waals surface area contributed by atoms with Crippen LogP contribution in [-0.4, -0.2) is 80.3 Å². The van der Waals surface area contributed by atoms with Crippen molar-refractivity contribution in [3.05, 3.63) is 53.1 Å². The van der Waals surface area contributed by atoms with E-state index in [2.05, 4.69) is 27.7 Å². The Balaban J connectivity index is 0.000000541. The predicted octanol–water partition coefficient (Wildman–Crippen LogP) is 5.86. The van der Waals surface area contributed by atoms with Gasteiger partial charge in [0.15, 0.2) is 11.5 Å². The number of amides is 2. The second-order valence-corrected chi connectivity index (χ2v) is 11.4. The molecule has 0 aromatic heterocycles. The number of fused-ring (bicyclic) bond motifs is 1. The lowest BCUT2D eigenvalue weighted by Gasteiger charge is -2.47. The predicted molar refractivity (Wildman–Crippen MR) is 155 cm³/mol. The topological polar surface area (TPSA) is 109 Å². The van der Waals surface area contributed by atoms with E-state index in [9.17, 15) is 18.0 Å². The molecule has 1 aliphatic carbocycles. The molecule has 0 radical (unpaired) electrons. The first-order valence-electron chi connectivity index (χ1n) is 14.2. The van der Waals surface area contributed by atoms with E-state index in [1.165, 1.54) is 5.56 Å². The number of urea groups is 1. The number of benzene rings is 2. The highest BCUT2D eigenvalue weighted by atomic mass is 35.5. The molecule has 2 heterocycles. The minimum atomic E-state index is -5.08. The summed E-state index contributed by atoms with van der Waals surface area (Å²) in [6.07, 6.45) is 0.989. The average Bonchev–Trinajstić information content (AvgIpc) is 3.37. The van der Waals surface area contributed by atoms with Crippen molar-refractivity contribution in [3.63, 3.8) is 0 Å². The minimum absolute atomic E-state index is 0.0272. The van der Waals surface area contributed by atoms with Crippen molar-refractivity contribution in [2.75, 3.05) is 39.3 Å². The second kappa shape index (κ2) is 14.0. The normalized spacial score (nSPS) is 24.2. The lowest BCUT2D eigenvalue weighted by atomic mass is 9.65. The van der Waals surface area contributed by atoms with Crippen molar-refractivity contribution in [1.82, 2.24) is 10.2 Å². The van der Waals surface area contributed by atoms with Gasteiger partial charge in [0.25, 0.3) is 0 Å². The fourth-order valence-electron chi connectivity index (χ4n) is 6.57. The van der Waals surface area contributed by atoms with Gasteiger partial charge in [0.2, 0.25) is 0 Å². The molecule has 13 heteroatoms. The number of carbonyl (C=O) groups excluding carboxylic acids is 1. The van der Waals surface area contributed by atoms with Crippen LogP contribution in [0.2, 0.25) is 5.02 Å². The Morgan fingerprint density at radius 2 is 1.74 bits per heavy atom. The number of hydrogen-bond donors (Lipinski definition) is 3. The molecule has 3 N–H and O–H groups in total. The Labute approximate surface area is 253 Å². The quantitative estimate of drug-likeness (QED) is 0.368. The number of alkyl halides is 3.